The van der Waals surface area contributed by atoms with E-state index in [1.807, 2.05) is 0 Å². The predicted octanol–water partition coefficient (Wildman–Crippen LogP) is 1.04. The first-order valence-corrected chi connectivity index (χ1v) is 4.29. The molecule has 82 valence electrons. The lowest BCUT2D eigenvalue weighted by molar-refractivity contribution is -0.0127. The average Bonchev–Trinajstić information content (AvgIpc) is 2.25. The first-order chi connectivity index (χ1) is 7.20. The highest BCUT2D eigenvalue weighted by molar-refractivity contribution is 5.94. The Labute approximate surface area is 87.7 Å². The lowest BCUT2D eigenvalue weighted by atomic mass is 10.2. The second-order valence-electron chi connectivity index (χ2n) is 2.77. The zero-order chi connectivity index (χ0) is 11.3. The molecule has 0 aliphatic rings. The van der Waals surface area contributed by atoms with E-state index >= 15 is 0 Å². The molecule has 5 heteroatoms. The molecule has 5 nitrogen and oxygen atoms in total. The van der Waals surface area contributed by atoms with Crippen molar-refractivity contribution in [1.82, 2.24) is 0 Å². The van der Waals surface area contributed by atoms with Crippen LogP contribution in [0.5, 0.6) is 5.75 Å². The van der Waals surface area contributed by atoms with E-state index in [1.54, 1.807) is 18.2 Å². The molecular formula is C10H13NO4. The van der Waals surface area contributed by atoms with E-state index in [1.165, 1.54) is 14.2 Å². The molecule has 0 radical (unpaired) electrons. The molecule has 15 heavy (non-hydrogen) atoms. The number of hydrogen-bond donors (Lipinski definition) is 1. The van der Waals surface area contributed by atoms with Crippen LogP contribution in [0, 0.1) is 0 Å². The fourth-order valence-electron chi connectivity index (χ4n) is 1.13. The van der Waals surface area contributed by atoms with Gasteiger partial charge in [0.05, 0.1) is 12.8 Å². The van der Waals surface area contributed by atoms with Crippen LogP contribution in [-0.2, 0) is 9.47 Å². The molecule has 1 rings (SSSR count). The Morgan fingerprint density at radius 1 is 1.40 bits per heavy atom. The molecule has 0 spiro atoms. The number of nitrogens with two attached hydrogens (primary N) is 1. The van der Waals surface area contributed by atoms with E-state index < -0.39 is 5.97 Å². The molecule has 0 saturated carbocycles. The Morgan fingerprint density at radius 2 is 2.13 bits per heavy atom. The number of hydrogen-bond acceptors (Lipinski definition) is 5. The Kier molecular flexibility index (Phi) is 3.93. The Hall–Kier alpha value is -1.75. The number of nitrogen functional groups attached to an aromatic ring is 1. The summed E-state index contributed by atoms with van der Waals surface area (Å²) in [5.74, 6) is -0.209. The van der Waals surface area contributed by atoms with Crippen molar-refractivity contribution in [3.8, 4) is 5.75 Å². The van der Waals surface area contributed by atoms with Gasteiger partial charge in [-0.3, -0.25) is 0 Å². The van der Waals surface area contributed by atoms with Crippen LogP contribution in [0.15, 0.2) is 18.2 Å². The molecular weight excluding hydrogens is 198 g/mol. The molecule has 2 N–H and O–H groups in total. The number of carbonyl (C=O) groups is 1. The van der Waals surface area contributed by atoms with E-state index in [4.69, 9.17) is 15.2 Å². The molecule has 0 saturated heterocycles. The van der Waals surface area contributed by atoms with Crippen LogP contribution in [0.2, 0.25) is 0 Å². The van der Waals surface area contributed by atoms with Crippen LogP contribution < -0.4 is 10.5 Å². The van der Waals surface area contributed by atoms with Crippen molar-refractivity contribution in [3.63, 3.8) is 0 Å². The predicted molar refractivity (Wildman–Crippen MR) is 54.7 cm³/mol. The lowest BCUT2D eigenvalue weighted by Crippen LogP contribution is -2.10. The minimum atomic E-state index is -0.527. The van der Waals surface area contributed by atoms with E-state index in [9.17, 15) is 4.79 Å². The summed E-state index contributed by atoms with van der Waals surface area (Å²) < 4.78 is 14.4. The normalized spacial score (nSPS) is 9.73. The van der Waals surface area contributed by atoms with Gasteiger partial charge in [0.15, 0.2) is 12.5 Å². The number of benzene rings is 1. The molecule has 0 unspecified atom stereocenters. The van der Waals surface area contributed by atoms with Gasteiger partial charge in [-0.1, -0.05) is 6.07 Å². The molecule has 0 aliphatic heterocycles. The maximum atomic E-state index is 11.5. The quantitative estimate of drug-likeness (QED) is 0.457. The molecule has 0 aromatic heterocycles. The maximum absolute atomic E-state index is 11.5. The highest BCUT2D eigenvalue weighted by atomic mass is 16.7. The number of para-hydroxylation sites is 1. The number of esters is 1. The number of ether oxygens (including phenoxy) is 3. The van der Waals surface area contributed by atoms with E-state index in [-0.39, 0.29) is 12.4 Å². The maximum Gasteiger partial charge on any atom is 0.344 e. The molecule has 1 aromatic rings. The lowest BCUT2D eigenvalue weighted by Gasteiger charge is -2.09. The molecule has 0 atom stereocenters. The number of anilines is 1. The van der Waals surface area contributed by atoms with E-state index in [0.717, 1.165) is 0 Å². The standard InChI is InChI=1S/C10H13NO4/c1-13-6-15-10(12)7-4-3-5-8(11)9(7)14-2/h3-5H,6,11H2,1-2H3. The first kappa shape index (κ1) is 11.3. The minimum absolute atomic E-state index is 0.100. The van der Waals surface area contributed by atoms with Gasteiger partial charge in [0.1, 0.15) is 5.56 Å². The van der Waals surface area contributed by atoms with Gasteiger partial charge in [-0.15, -0.1) is 0 Å². The van der Waals surface area contributed by atoms with Crippen LogP contribution in [-0.4, -0.2) is 27.0 Å². The third kappa shape index (κ3) is 2.60. The topological polar surface area (TPSA) is 70.8 Å². The smallest absolute Gasteiger partial charge is 0.344 e. The Balaban J connectivity index is 2.92. The SMILES string of the molecule is COCOC(=O)c1cccc(N)c1OC. The first-order valence-electron chi connectivity index (χ1n) is 4.29. The fourth-order valence-corrected chi connectivity index (χ4v) is 1.13. The van der Waals surface area contributed by atoms with Crippen LogP contribution in [0.4, 0.5) is 5.69 Å². The van der Waals surface area contributed by atoms with Crippen molar-refractivity contribution < 1.29 is 19.0 Å². The largest absolute Gasteiger partial charge is 0.494 e. The van der Waals surface area contributed by atoms with E-state index in [2.05, 4.69) is 4.74 Å². The van der Waals surface area contributed by atoms with Gasteiger partial charge < -0.3 is 19.9 Å². The van der Waals surface area contributed by atoms with Gasteiger partial charge in [0.25, 0.3) is 0 Å². The van der Waals surface area contributed by atoms with Crippen LogP contribution in [0.1, 0.15) is 10.4 Å². The fraction of sp³-hybridized carbons (Fsp3) is 0.300. The third-order valence-electron chi connectivity index (χ3n) is 1.78. The van der Waals surface area contributed by atoms with Crippen molar-refractivity contribution >= 4 is 11.7 Å². The number of methoxy groups -OCH3 is 2. The van der Waals surface area contributed by atoms with Crippen LogP contribution in [0.3, 0.4) is 0 Å². The summed E-state index contributed by atoms with van der Waals surface area (Å²) in [5.41, 5.74) is 6.31. The Morgan fingerprint density at radius 3 is 2.73 bits per heavy atom. The minimum Gasteiger partial charge on any atom is -0.494 e. The third-order valence-corrected chi connectivity index (χ3v) is 1.78. The van der Waals surface area contributed by atoms with Crippen molar-refractivity contribution in [2.75, 3.05) is 26.7 Å². The molecule has 0 aliphatic carbocycles. The van der Waals surface area contributed by atoms with Crippen LogP contribution >= 0.6 is 0 Å². The van der Waals surface area contributed by atoms with Gasteiger partial charge in [-0.2, -0.15) is 0 Å². The van der Waals surface area contributed by atoms with Crippen molar-refractivity contribution in [2.24, 2.45) is 0 Å². The van der Waals surface area contributed by atoms with Crippen LogP contribution in [0.25, 0.3) is 0 Å². The summed E-state index contributed by atoms with van der Waals surface area (Å²) >= 11 is 0. The number of carbonyl (C=O) groups excluding carboxylic acids is 1. The second-order valence-corrected chi connectivity index (χ2v) is 2.77. The molecule has 0 fully saturated rings. The molecule has 0 bridgehead atoms. The second kappa shape index (κ2) is 5.21. The summed E-state index contributed by atoms with van der Waals surface area (Å²) in [5, 5.41) is 0. The Bertz CT molecular complexity index is 351. The zero-order valence-corrected chi connectivity index (χ0v) is 8.65. The monoisotopic (exact) mass is 211 g/mol. The summed E-state index contributed by atoms with van der Waals surface area (Å²) in [6.45, 7) is -0.100. The average molecular weight is 211 g/mol. The summed E-state index contributed by atoms with van der Waals surface area (Å²) in [7, 11) is 2.88. The van der Waals surface area contributed by atoms with Gasteiger partial charge in [0.2, 0.25) is 0 Å². The molecule has 0 heterocycles. The summed E-state index contributed by atoms with van der Waals surface area (Å²) in [6, 6.07) is 4.88. The molecule has 1 aromatic carbocycles. The highest BCUT2D eigenvalue weighted by Gasteiger charge is 2.15. The van der Waals surface area contributed by atoms with Gasteiger partial charge in [-0.25, -0.2) is 4.79 Å². The van der Waals surface area contributed by atoms with Crippen molar-refractivity contribution in [2.45, 2.75) is 0 Å². The summed E-state index contributed by atoms with van der Waals surface area (Å²) in [6.07, 6.45) is 0. The van der Waals surface area contributed by atoms with Gasteiger partial charge in [0, 0.05) is 7.11 Å². The summed E-state index contributed by atoms with van der Waals surface area (Å²) in [4.78, 5) is 11.5. The zero-order valence-electron chi connectivity index (χ0n) is 8.65. The van der Waals surface area contributed by atoms with Crippen molar-refractivity contribution in [3.05, 3.63) is 23.8 Å². The van der Waals surface area contributed by atoms with Crippen molar-refractivity contribution in [1.29, 1.82) is 0 Å². The van der Waals surface area contributed by atoms with Gasteiger partial charge in [-0.05, 0) is 12.1 Å². The molecule has 0 amide bonds. The number of rotatable bonds is 4. The van der Waals surface area contributed by atoms with E-state index in [0.29, 0.717) is 11.4 Å². The highest BCUT2D eigenvalue weighted by Crippen LogP contribution is 2.26. The van der Waals surface area contributed by atoms with Gasteiger partial charge >= 0.3 is 5.97 Å².